The number of ether oxygens (including phenoxy) is 2. The summed E-state index contributed by atoms with van der Waals surface area (Å²) < 4.78 is 11.0. The minimum Gasteiger partial charge on any atom is -0.495 e. The van der Waals surface area contributed by atoms with Crippen molar-refractivity contribution in [3.63, 3.8) is 0 Å². The van der Waals surface area contributed by atoms with Crippen LogP contribution < -0.4 is 4.74 Å². The number of carbonyl (C=O) groups is 1. The van der Waals surface area contributed by atoms with Crippen LogP contribution in [0.4, 0.5) is 0 Å². The summed E-state index contributed by atoms with van der Waals surface area (Å²) in [5, 5.41) is 0.512. The topological polar surface area (TPSA) is 42.0 Å². The van der Waals surface area contributed by atoms with Crippen molar-refractivity contribution in [1.82, 2.24) is 9.80 Å². The monoisotopic (exact) mass is 324 g/mol. The van der Waals surface area contributed by atoms with E-state index >= 15 is 0 Å². The first kappa shape index (κ1) is 15.6. The number of morpholine rings is 1. The Hall–Kier alpha value is -1.30. The minimum atomic E-state index is 0.0207. The molecule has 22 heavy (non-hydrogen) atoms. The van der Waals surface area contributed by atoms with Gasteiger partial charge in [0.25, 0.3) is 5.91 Å². The summed E-state index contributed by atoms with van der Waals surface area (Å²) in [7, 11) is 3.65. The molecule has 2 fully saturated rings. The van der Waals surface area contributed by atoms with Crippen molar-refractivity contribution in [2.75, 3.05) is 40.4 Å². The molecule has 5 nitrogen and oxygen atoms in total. The zero-order valence-corrected chi connectivity index (χ0v) is 13.7. The number of rotatable bonds is 2. The van der Waals surface area contributed by atoms with Crippen molar-refractivity contribution in [3.05, 3.63) is 28.8 Å². The van der Waals surface area contributed by atoms with Crippen LogP contribution in [0.15, 0.2) is 18.2 Å². The van der Waals surface area contributed by atoms with Crippen molar-refractivity contribution in [3.8, 4) is 5.75 Å². The number of amides is 1. The molecule has 0 N–H and O–H groups in total. The third-order valence-corrected chi connectivity index (χ3v) is 4.86. The molecule has 2 atom stereocenters. The van der Waals surface area contributed by atoms with E-state index in [1.54, 1.807) is 25.3 Å². The maximum atomic E-state index is 12.7. The SMILES string of the molecule is COc1cc(C(=O)N2CCC3OCCN(C)C3C2)ccc1Cl. The second-order valence-corrected chi connectivity index (χ2v) is 6.25. The van der Waals surface area contributed by atoms with Gasteiger partial charge in [-0.3, -0.25) is 9.69 Å². The Morgan fingerprint density at radius 3 is 3.00 bits per heavy atom. The number of nitrogens with zero attached hydrogens (tertiary/aromatic N) is 2. The lowest BCUT2D eigenvalue weighted by Gasteiger charge is -2.45. The molecule has 1 aromatic rings. The van der Waals surface area contributed by atoms with Gasteiger partial charge < -0.3 is 14.4 Å². The summed E-state index contributed by atoms with van der Waals surface area (Å²) in [4.78, 5) is 16.9. The molecule has 0 spiro atoms. The molecule has 3 rings (SSSR count). The van der Waals surface area contributed by atoms with E-state index < -0.39 is 0 Å². The first-order valence-corrected chi connectivity index (χ1v) is 7.92. The summed E-state index contributed by atoms with van der Waals surface area (Å²) in [5.74, 6) is 0.549. The number of likely N-dealkylation sites (N-methyl/N-ethyl adjacent to an activating group) is 1. The Bertz CT molecular complexity index is 566. The lowest BCUT2D eigenvalue weighted by molar-refractivity contribution is -0.0893. The number of carbonyl (C=O) groups excluding carboxylic acids is 1. The van der Waals surface area contributed by atoms with Crippen LogP contribution in [0.3, 0.4) is 0 Å². The molecule has 2 heterocycles. The molecule has 2 aliphatic rings. The number of methoxy groups -OCH3 is 1. The molecular weight excluding hydrogens is 304 g/mol. The van der Waals surface area contributed by atoms with Gasteiger partial charge in [0, 0.05) is 25.2 Å². The second kappa shape index (κ2) is 6.44. The smallest absolute Gasteiger partial charge is 0.254 e. The molecule has 2 aliphatic heterocycles. The molecule has 6 heteroatoms. The average Bonchev–Trinajstić information content (AvgIpc) is 2.55. The van der Waals surface area contributed by atoms with E-state index in [4.69, 9.17) is 21.1 Å². The van der Waals surface area contributed by atoms with E-state index in [0.29, 0.717) is 22.9 Å². The quantitative estimate of drug-likeness (QED) is 0.833. The zero-order chi connectivity index (χ0) is 15.7. The molecule has 2 unspecified atom stereocenters. The van der Waals surface area contributed by atoms with Crippen LogP contribution in [0.2, 0.25) is 5.02 Å². The number of likely N-dealkylation sites (tertiary alicyclic amines) is 1. The minimum absolute atomic E-state index is 0.0207. The van der Waals surface area contributed by atoms with Crippen LogP contribution in [-0.4, -0.2) is 68.3 Å². The standard InChI is InChI=1S/C16H21ClN2O3/c1-18-7-8-22-14-5-6-19(10-13(14)18)16(20)11-3-4-12(17)15(9-11)21-2/h3-4,9,13-14H,5-8,10H2,1-2H3. The molecule has 1 aromatic carbocycles. The summed E-state index contributed by atoms with van der Waals surface area (Å²) in [5.41, 5.74) is 0.610. The Morgan fingerprint density at radius 1 is 1.41 bits per heavy atom. The maximum absolute atomic E-state index is 12.7. The lowest BCUT2D eigenvalue weighted by atomic mass is 9.98. The van der Waals surface area contributed by atoms with Gasteiger partial charge in [-0.2, -0.15) is 0 Å². The van der Waals surface area contributed by atoms with E-state index in [0.717, 1.165) is 26.1 Å². The number of halogens is 1. The first-order chi connectivity index (χ1) is 10.6. The van der Waals surface area contributed by atoms with E-state index in [1.165, 1.54) is 0 Å². The van der Waals surface area contributed by atoms with Crippen LogP contribution in [0.5, 0.6) is 5.75 Å². The molecule has 0 radical (unpaired) electrons. The van der Waals surface area contributed by atoms with Crippen molar-refractivity contribution in [2.45, 2.75) is 18.6 Å². The van der Waals surface area contributed by atoms with Crippen molar-refractivity contribution >= 4 is 17.5 Å². The predicted octanol–water partition coefficient (Wildman–Crippen LogP) is 1.89. The van der Waals surface area contributed by atoms with Gasteiger partial charge in [0.1, 0.15) is 5.75 Å². The van der Waals surface area contributed by atoms with E-state index in [2.05, 4.69) is 11.9 Å². The van der Waals surface area contributed by atoms with Crippen molar-refractivity contribution < 1.29 is 14.3 Å². The van der Waals surface area contributed by atoms with Gasteiger partial charge >= 0.3 is 0 Å². The average molecular weight is 325 g/mol. The highest BCUT2D eigenvalue weighted by Crippen LogP contribution is 2.27. The fraction of sp³-hybridized carbons (Fsp3) is 0.562. The summed E-state index contributed by atoms with van der Waals surface area (Å²) in [6.07, 6.45) is 1.12. The third kappa shape index (κ3) is 2.93. The highest BCUT2D eigenvalue weighted by molar-refractivity contribution is 6.32. The van der Waals surface area contributed by atoms with E-state index in [9.17, 15) is 4.79 Å². The zero-order valence-electron chi connectivity index (χ0n) is 12.9. The van der Waals surface area contributed by atoms with Crippen LogP contribution in [0.25, 0.3) is 0 Å². The van der Waals surface area contributed by atoms with Gasteiger partial charge in [-0.1, -0.05) is 11.6 Å². The van der Waals surface area contributed by atoms with Crippen LogP contribution in [0, 0.1) is 0 Å². The van der Waals surface area contributed by atoms with Gasteiger partial charge in [0.05, 0.1) is 30.9 Å². The lowest BCUT2D eigenvalue weighted by Crippen LogP contribution is -2.59. The number of piperidine rings is 1. The molecule has 120 valence electrons. The Morgan fingerprint density at radius 2 is 2.23 bits per heavy atom. The van der Waals surface area contributed by atoms with Gasteiger partial charge in [-0.05, 0) is 31.7 Å². The normalized spacial score (nSPS) is 25.7. The summed E-state index contributed by atoms with van der Waals surface area (Å²) in [6.45, 7) is 3.11. The Balaban J connectivity index is 1.75. The van der Waals surface area contributed by atoms with E-state index in [-0.39, 0.29) is 18.1 Å². The summed E-state index contributed by atoms with van der Waals surface area (Å²) in [6, 6.07) is 5.44. The van der Waals surface area contributed by atoms with Crippen molar-refractivity contribution in [2.24, 2.45) is 0 Å². The fourth-order valence-electron chi connectivity index (χ4n) is 3.20. The Kier molecular flexibility index (Phi) is 4.57. The molecular formula is C16H21ClN2O3. The predicted molar refractivity (Wildman–Crippen MR) is 84.7 cm³/mol. The van der Waals surface area contributed by atoms with Crippen molar-refractivity contribution in [1.29, 1.82) is 0 Å². The van der Waals surface area contributed by atoms with Crippen LogP contribution in [-0.2, 0) is 4.74 Å². The first-order valence-electron chi connectivity index (χ1n) is 7.55. The fourth-order valence-corrected chi connectivity index (χ4v) is 3.40. The Labute approximate surface area is 135 Å². The largest absolute Gasteiger partial charge is 0.495 e. The van der Waals surface area contributed by atoms with Crippen LogP contribution in [0.1, 0.15) is 16.8 Å². The van der Waals surface area contributed by atoms with Gasteiger partial charge in [0.2, 0.25) is 0 Å². The highest BCUT2D eigenvalue weighted by atomic mass is 35.5. The molecule has 2 saturated heterocycles. The molecule has 0 aliphatic carbocycles. The maximum Gasteiger partial charge on any atom is 0.254 e. The molecule has 1 amide bonds. The third-order valence-electron chi connectivity index (χ3n) is 4.55. The van der Waals surface area contributed by atoms with Gasteiger partial charge in [-0.15, -0.1) is 0 Å². The molecule has 0 bridgehead atoms. The number of hydrogen-bond donors (Lipinski definition) is 0. The second-order valence-electron chi connectivity index (χ2n) is 5.85. The number of fused-ring (bicyclic) bond motifs is 1. The molecule has 0 saturated carbocycles. The number of benzene rings is 1. The van der Waals surface area contributed by atoms with Gasteiger partial charge in [-0.25, -0.2) is 0 Å². The number of hydrogen-bond acceptors (Lipinski definition) is 4. The summed E-state index contributed by atoms with van der Waals surface area (Å²) >= 11 is 6.02. The van der Waals surface area contributed by atoms with Crippen LogP contribution >= 0.6 is 11.6 Å². The molecule has 0 aromatic heterocycles. The highest BCUT2D eigenvalue weighted by Gasteiger charge is 2.37. The van der Waals surface area contributed by atoms with Gasteiger partial charge in [0.15, 0.2) is 0 Å². The van der Waals surface area contributed by atoms with E-state index in [1.807, 2.05) is 4.90 Å².